The minimum atomic E-state index is 0.801. The van der Waals surface area contributed by atoms with Gasteiger partial charge in [0.15, 0.2) is 0 Å². The molecule has 1 rings (SSSR count). The molecule has 12 heavy (non-hydrogen) atoms. The minimum absolute atomic E-state index is 0.801. The van der Waals surface area contributed by atoms with Crippen molar-refractivity contribution in [2.75, 3.05) is 26.8 Å². The van der Waals surface area contributed by atoms with E-state index in [0.717, 1.165) is 12.6 Å². The lowest BCUT2D eigenvalue weighted by Crippen LogP contribution is -2.38. The van der Waals surface area contributed by atoms with Gasteiger partial charge in [0.05, 0.1) is 0 Å². The van der Waals surface area contributed by atoms with Gasteiger partial charge in [-0.1, -0.05) is 6.42 Å². The summed E-state index contributed by atoms with van der Waals surface area (Å²) < 4.78 is 5.04. The molecule has 1 atom stereocenters. The molecule has 0 radical (unpaired) electrons. The third-order valence-electron chi connectivity index (χ3n) is 2.73. The fourth-order valence-electron chi connectivity index (χ4n) is 1.90. The van der Waals surface area contributed by atoms with E-state index in [4.69, 9.17) is 4.74 Å². The highest BCUT2D eigenvalue weighted by atomic mass is 16.5. The van der Waals surface area contributed by atoms with Crippen LogP contribution in [0.5, 0.6) is 0 Å². The first-order chi connectivity index (χ1) is 5.84. The lowest BCUT2D eigenvalue weighted by molar-refractivity contribution is 0.130. The predicted molar refractivity (Wildman–Crippen MR) is 51.4 cm³/mol. The van der Waals surface area contributed by atoms with Gasteiger partial charge in [-0.3, -0.25) is 0 Å². The predicted octanol–water partition coefficient (Wildman–Crippen LogP) is 1.90. The van der Waals surface area contributed by atoms with Crippen LogP contribution < -0.4 is 0 Å². The van der Waals surface area contributed by atoms with E-state index in [9.17, 15) is 0 Å². The molecular weight excluding hydrogens is 150 g/mol. The Morgan fingerprint density at radius 3 is 2.92 bits per heavy atom. The van der Waals surface area contributed by atoms with Crippen LogP contribution in [0.3, 0.4) is 0 Å². The van der Waals surface area contributed by atoms with Gasteiger partial charge in [0.2, 0.25) is 0 Å². The third-order valence-corrected chi connectivity index (χ3v) is 2.73. The molecule has 1 saturated heterocycles. The quantitative estimate of drug-likeness (QED) is 0.599. The highest BCUT2D eigenvalue weighted by Crippen LogP contribution is 2.15. The second-order valence-electron chi connectivity index (χ2n) is 3.73. The molecular formula is C10H21NO. The Morgan fingerprint density at radius 2 is 2.25 bits per heavy atom. The molecule has 1 heterocycles. The van der Waals surface area contributed by atoms with E-state index in [1.807, 2.05) is 0 Å². The van der Waals surface area contributed by atoms with Crippen LogP contribution in [0.25, 0.3) is 0 Å². The number of hydrogen-bond acceptors (Lipinski definition) is 2. The molecule has 0 spiro atoms. The Labute approximate surface area is 75.9 Å². The number of piperidine rings is 1. The van der Waals surface area contributed by atoms with Crippen molar-refractivity contribution in [1.82, 2.24) is 4.90 Å². The van der Waals surface area contributed by atoms with Gasteiger partial charge in [-0.05, 0) is 32.7 Å². The summed E-state index contributed by atoms with van der Waals surface area (Å²) in [5, 5.41) is 0. The van der Waals surface area contributed by atoms with Gasteiger partial charge in [-0.2, -0.15) is 0 Å². The van der Waals surface area contributed by atoms with Crippen molar-refractivity contribution in [1.29, 1.82) is 0 Å². The first-order valence-electron chi connectivity index (χ1n) is 5.07. The minimum Gasteiger partial charge on any atom is -0.385 e. The second kappa shape index (κ2) is 5.55. The number of methoxy groups -OCH3 is 1. The van der Waals surface area contributed by atoms with Crippen molar-refractivity contribution < 1.29 is 4.74 Å². The molecule has 0 aromatic rings. The smallest absolute Gasteiger partial charge is 0.0474 e. The summed E-state index contributed by atoms with van der Waals surface area (Å²) in [6.07, 6.45) is 5.37. The fraction of sp³-hybridized carbons (Fsp3) is 1.00. The largest absolute Gasteiger partial charge is 0.385 e. The van der Waals surface area contributed by atoms with Crippen LogP contribution in [0.4, 0.5) is 0 Å². The topological polar surface area (TPSA) is 12.5 Å². The van der Waals surface area contributed by atoms with Crippen LogP contribution in [-0.4, -0.2) is 37.7 Å². The number of ether oxygens (including phenoxy) is 1. The highest BCUT2D eigenvalue weighted by Gasteiger charge is 2.16. The first-order valence-corrected chi connectivity index (χ1v) is 5.07. The Kier molecular flexibility index (Phi) is 4.62. The van der Waals surface area contributed by atoms with Gasteiger partial charge in [-0.25, -0.2) is 0 Å². The summed E-state index contributed by atoms with van der Waals surface area (Å²) in [7, 11) is 1.78. The van der Waals surface area contributed by atoms with Crippen molar-refractivity contribution in [3.05, 3.63) is 0 Å². The zero-order valence-electron chi connectivity index (χ0n) is 8.38. The Morgan fingerprint density at radius 1 is 1.42 bits per heavy atom. The monoisotopic (exact) mass is 171 g/mol. The van der Waals surface area contributed by atoms with E-state index < -0.39 is 0 Å². The zero-order chi connectivity index (χ0) is 8.81. The molecule has 1 fully saturated rings. The van der Waals surface area contributed by atoms with E-state index in [2.05, 4.69) is 11.8 Å². The normalized spacial score (nSPS) is 26.0. The second-order valence-corrected chi connectivity index (χ2v) is 3.73. The van der Waals surface area contributed by atoms with Gasteiger partial charge >= 0.3 is 0 Å². The third kappa shape index (κ3) is 3.11. The summed E-state index contributed by atoms with van der Waals surface area (Å²) >= 11 is 0. The van der Waals surface area contributed by atoms with Crippen LogP contribution in [0.1, 0.15) is 32.6 Å². The van der Waals surface area contributed by atoms with Crippen LogP contribution in [0, 0.1) is 0 Å². The fourth-order valence-corrected chi connectivity index (χ4v) is 1.90. The SMILES string of the molecule is COCCCN1CCCCC1C. The summed E-state index contributed by atoms with van der Waals surface area (Å²) in [4.78, 5) is 2.59. The number of likely N-dealkylation sites (tertiary alicyclic amines) is 1. The van der Waals surface area contributed by atoms with E-state index in [1.54, 1.807) is 7.11 Å². The van der Waals surface area contributed by atoms with E-state index in [0.29, 0.717) is 0 Å². The molecule has 1 unspecified atom stereocenters. The molecule has 2 heteroatoms. The number of nitrogens with zero attached hydrogens (tertiary/aromatic N) is 1. The van der Waals surface area contributed by atoms with Gasteiger partial charge in [0.25, 0.3) is 0 Å². The van der Waals surface area contributed by atoms with Crippen LogP contribution >= 0.6 is 0 Å². The molecule has 0 N–H and O–H groups in total. The molecule has 1 aliphatic heterocycles. The molecule has 0 amide bonds. The van der Waals surface area contributed by atoms with Gasteiger partial charge in [0, 0.05) is 26.3 Å². The molecule has 72 valence electrons. The van der Waals surface area contributed by atoms with E-state index in [-0.39, 0.29) is 0 Å². The average molecular weight is 171 g/mol. The average Bonchev–Trinajstić information content (AvgIpc) is 2.09. The van der Waals surface area contributed by atoms with Crippen molar-refractivity contribution >= 4 is 0 Å². The summed E-state index contributed by atoms with van der Waals surface area (Å²) in [6, 6.07) is 0.801. The van der Waals surface area contributed by atoms with Crippen molar-refractivity contribution in [3.8, 4) is 0 Å². The summed E-state index contributed by atoms with van der Waals surface area (Å²) in [6.45, 7) is 5.76. The first kappa shape index (κ1) is 10.0. The molecule has 1 aliphatic rings. The van der Waals surface area contributed by atoms with Crippen LogP contribution in [0.15, 0.2) is 0 Å². The number of hydrogen-bond donors (Lipinski definition) is 0. The maximum atomic E-state index is 5.04. The maximum absolute atomic E-state index is 5.04. The Balaban J connectivity index is 2.11. The van der Waals surface area contributed by atoms with E-state index >= 15 is 0 Å². The molecule has 0 saturated carbocycles. The molecule has 0 aliphatic carbocycles. The van der Waals surface area contributed by atoms with Crippen molar-refractivity contribution in [3.63, 3.8) is 0 Å². The highest BCUT2D eigenvalue weighted by molar-refractivity contribution is 4.72. The van der Waals surface area contributed by atoms with Crippen molar-refractivity contribution in [2.24, 2.45) is 0 Å². The summed E-state index contributed by atoms with van der Waals surface area (Å²) in [5.74, 6) is 0. The number of rotatable bonds is 4. The zero-order valence-corrected chi connectivity index (χ0v) is 8.38. The lowest BCUT2D eigenvalue weighted by atomic mass is 10.0. The molecule has 0 bridgehead atoms. The van der Waals surface area contributed by atoms with Gasteiger partial charge in [-0.15, -0.1) is 0 Å². The molecule has 2 nitrogen and oxygen atoms in total. The summed E-state index contributed by atoms with van der Waals surface area (Å²) in [5.41, 5.74) is 0. The molecule has 0 aromatic heterocycles. The standard InChI is InChI=1S/C10H21NO/c1-10-6-3-4-7-11(10)8-5-9-12-2/h10H,3-9H2,1-2H3. The Bertz CT molecular complexity index is 116. The van der Waals surface area contributed by atoms with Crippen molar-refractivity contribution in [2.45, 2.75) is 38.6 Å². The van der Waals surface area contributed by atoms with Gasteiger partial charge in [0.1, 0.15) is 0 Å². The van der Waals surface area contributed by atoms with E-state index in [1.165, 1.54) is 38.8 Å². The van der Waals surface area contributed by atoms with Crippen LogP contribution in [-0.2, 0) is 4.74 Å². The van der Waals surface area contributed by atoms with Gasteiger partial charge < -0.3 is 9.64 Å². The molecule has 0 aromatic carbocycles. The Hall–Kier alpha value is -0.0800. The lowest BCUT2D eigenvalue weighted by Gasteiger charge is -2.33. The maximum Gasteiger partial charge on any atom is 0.0474 e. The van der Waals surface area contributed by atoms with Crippen LogP contribution in [0.2, 0.25) is 0 Å².